The predicted molar refractivity (Wildman–Crippen MR) is 105 cm³/mol. The molecule has 0 spiro atoms. The summed E-state index contributed by atoms with van der Waals surface area (Å²) in [5.74, 6) is 1.29. The van der Waals surface area contributed by atoms with Crippen molar-refractivity contribution in [1.29, 1.82) is 0 Å². The fourth-order valence-electron chi connectivity index (χ4n) is 2.67. The van der Waals surface area contributed by atoms with Gasteiger partial charge in [-0.1, -0.05) is 30.3 Å². The van der Waals surface area contributed by atoms with Crippen molar-refractivity contribution in [2.75, 3.05) is 12.4 Å². The molecule has 0 fully saturated rings. The minimum atomic E-state index is -0.189. The second-order valence-corrected chi connectivity index (χ2v) is 6.03. The molecule has 2 aromatic carbocycles. The first-order valence-electron chi connectivity index (χ1n) is 8.49. The Morgan fingerprint density at radius 1 is 1.19 bits per heavy atom. The number of guanidine groups is 1. The zero-order valence-electron chi connectivity index (χ0n) is 15.2. The Labute approximate surface area is 157 Å². The molecule has 0 unspecified atom stereocenters. The van der Waals surface area contributed by atoms with Gasteiger partial charge in [-0.05, 0) is 36.8 Å². The third-order valence-corrected chi connectivity index (χ3v) is 4.07. The largest absolute Gasteiger partial charge is 0.497 e. The van der Waals surface area contributed by atoms with E-state index in [2.05, 4.69) is 20.3 Å². The first-order chi connectivity index (χ1) is 13.0. The quantitative estimate of drug-likeness (QED) is 0.396. The molecule has 7 nitrogen and oxygen atoms in total. The van der Waals surface area contributed by atoms with Gasteiger partial charge < -0.3 is 10.5 Å². The number of rotatable bonds is 5. The molecular formula is C20H22N5O2+. The van der Waals surface area contributed by atoms with E-state index in [9.17, 15) is 4.79 Å². The molecule has 0 aliphatic heterocycles. The average Bonchev–Trinajstić information content (AvgIpc) is 2.66. The Balaban J connectivity index is 1.78. The van der Waals surface area contributed by atoms with Crippen LogP contribution in [0.1, 0.15) is 16.8 Å². The molecule has 1 heterocycles. The Kier molecular flexibility index (Phi) is 5.51. The molecule has 0 bridgehead atoms. The second-order valence-electron chi connectivity index (χ2n) is 6.03. The maximum Gasteiger partial charge on any atom is 0.325 e. The van der Waals surface area contributed by atoms with Crippen LogP contribution in [0.3, 0.4) is 0 Å². The van der Waals surface area contributed by atoms with Crippen LogP contribution in [-0.2, 0) is 6.42 Å². The summed E-state index contributed by atoms with van der Waals surface area (Å²) in [6.07, 6.45) is 0.526. The van der Waals surface area contributed by atoms with Gasteiger partial charge in [0, 0.05) is 6.42 Å². The number of hydrogen-bond donors (Lipinski definition) is 4. The molecule has 0 radical (unpaired) electrons. The number of anilines is 1. The molecule has 0 aliphatic rings. The van der Waals surface area contributed by atoms with E-state index in [0.29, 0.717) is 17.7 Å². The summed E-state index contributed by atoms with van der Waals surface area (Å²) in [5.41, 5.74) is 8.90. The van der Waals surface area contributed by atoms with Crippen LogP contribution in [0.2, 0.25) is 0 Å². The summed E-state index contributed by atoms with van der Waals surface area (Å²) in [5, 5.41) is 3.00. The smallest absolute Gasteiger partial charge is 0.325 e. The first kappa shape index (κ1) is 18.2. The highest BCUT2D eigenvalue weighted by molar-refractivity contribution is 5.88. The van der Waals surface area contributed by atoms with Gasteiger partial charge in [0.05, 0.1) is 24.1 Å². The zero-order chi connectivity index (χ0) is 19.2. The lowest BCUT2D eigenvalue weighted by atomic mass is 10.1. The summed E-state index contributed by atoms with van der Waals surface area (Å²) in [7, 11) is 1.61. The summed E-state index contributed by atoms with van der Waals surface area (Å²) in [4.78, 5) is 22.5. The topological polar surface area (TPSA) is 107 Å². The van der Waals surface area contributed by atoms with Gasteiger partial charge in [0.15, 0.2) is 0 Å². The highest BCUT2D eigenvalue weighted by atomic mass is 16.5. The Morgan fingerprint density at radius 3 is 2.52 bits per heavy atom. The van der Waals surface area contributed by atoms with Gasteiger partial charge in [-0.3, -0.25) is 10.1 Å². The van der Waals surface area contributed by atoms with E-state index in [4.69, 9.17) is 10.5 Å². The van der Waals surface area contributed by atoms with E-state index in [-0.39, 0.29) is 17.5 Å². The average molecular weight is 364 g/mol. The maximum absolute atomic E-state index is 12.5. The minimum Gasteiger partial charge on any atom is -0.497 e. The molecule has 5 N–H and O–H groups in total. The standard InChI is InChI=1S/C20H21N5O2/c1-13-17(12-14-6-4-3-5-7-14)18(26)24-20(22-13)25-19(21)23-15-8-10-16(27-2)11-9-15/h3-11H,12H2,1-2H3,(H4,21,22,23,24,25,26)/p+1. The number of aromatic nitrogens is 2. The van der Waals surface area contributed by atoms with Crippen LogP contribution >= 0.6 is 0 Å². The Hall–Kier alpha value is -3.61. The van der Waals surface area contributed by atoms with Gasteiger partial charge in [0.2, 0.25) is 0 Å². The van der Waals surface area contributed by atoms with Crippen LogP contribution < -0.4 is 26.3 Å². The summed E-state index contributed by atoms with van der Waals surface area (Å²) < 4.78 is 5.12. The second kappa shape index (κ2) is 8.18. The number of ether oxygens (including phenoxy) is 1. The third kappa shape index (κ3) is 4.72. The molecule has 138 valence electrons. The molecule has 3 rings (SSSR count). The van der Waals surface area contributed by atoms with Crippen LogP contribution in [0.25, 0.3) is 0 Å². The van der Waals surface area contributed by atoms with Crippen molar-refractivity contribution in [3.63, 3.8) is 0 Å². The predicted octanol–water partition coefficient (Wildman–Crippen LogP) is 0.817. The molecule has 7 heteroatoms. The molecule has 3 aromatic rings. The Bertz CT molecular complexity index is 995. The monoisotopic (exact) mass is 364 g/mol. The number of hydrogen-bond acceptors (Lipinski definition) is 3. The van der Waals surface area contributed by atoms with Crippen molar-refractivity contribution in [2.45, 2.75) is 13.3 Å². The Morgan fingerprint density at radius 2 is 1.89 bits per heavy atom. The van der Waals surface area contributed by atoms with Crippen LogP contribution in [0, 0.1) is 6.92 Å². The molecule has 0 aliphatic carbocycles. The van der Waals surface area contributed by atoms with E-state index in [0.717, 1.165) is 17.0 Å². The number of methoxy groups -OCH3 is 1. The molecule has 0 amide bonds. The fourth-order valence-corrected chi connectivity index (χ4v) is 2.67. The molecular weight excluding hydrogens is 342 g/mol. The van der Waals surface area contributed by atoms with Crippen molar-refractivity contribution in [2.24, 2.45) is 5.73 Å². The summed E-state index contributed by atoms with van der Waals surface area (Å²) in [6, 6.07) is 17.1. The van der Waals surface area contributed by atoms with Crippen LogP contribution in [0.4, 0.5) is 11.6 Å². The van der Waals surface area contributed by atoms with E-state index < -0.39 is 0 Å². The number of aromatic amines is 1. The minimum absolute atomic E-state index is 0.189. The number of H-pyrrole nitrogens is 1. The van der Waals surface area contributed by atoms with Gasteiger partial charge in [0.1, 0.15) is 5.75 Å². The van der Waals surface area contributed by atoms with Gasteiger partial charge in [-0.15, -0.1) is 4.98 Å². The highest BCUT2D eigenvalue weighted by Gasteiger charge is 2.12. The van der Waals surface area contributed by atoms with Crippen molar-refractivity contribution in [3.05, 3.63) is 81.8 Å². The van der Waals surface area contributed by atoms with E-state index in [1.807, 2.05) is 61.5 Å². The van der Waals surface area contributed by atoms with Crippen molar-refractivity contribution in [1.82, 2.24) is 9.97 Å². The number of nitrogens with two attached hydrogens (primary N) is 1. The number of nitrogens with one attached hydrogen (secondary N) is 3. The normalized spacial score (nSPS) is 11.3. The SMILES string of the molecule is COc1ccc(NC(N)=[NH+]c2nc(C)c(Cc3ccccc3)c(=O)[nH]2)cc1. The van der Waals surface area contributed by atoms with Crippen molar-refractivity contribution in [3.8, 4) is 5.75 Å². The lowest BCUT2D eigenvalue weighted by Gasteiger charge is -2.05. The van der Waals surface area contributed by atoms with Gasteiger partial charge in [-0.2, -0.15) is 0 Å². The third-order valence-electron chi connectivity index (χ3n) is 4.07. The number of nitrogens with zero attached hydrogens (tertiary/aromatic N) is 1. The number of aryl methyl sites for hydroxylation is 1. The van der Waals surface area contributed by atoms with Gasteiger partial charge >= 0.3 is 5.95 Å². The lowest BCUT2D eigenvalue weighted by molar-refractivity contribution is -0.365. The molecule has 27 heavy (non-hydrogen) atoms. The van der Waals surface area contributed by atoms with Crippen molar-refractivity contribution < 1.29 is 9.73 Å². The van der Waals surface area contributed by atoms with Gasteiger partial charge in [0.25, 0.3) is 11.5 Å². The lowest BCUT2D eigenvalue weighted by Crippen LogP contribution is -2.73. The molecule has 0 saturated carbocycles. The maximum atomic E-state index is 12.5. The van der Waals surface area contributed by atoms with E-state index >= 15 is 0 Å². The first-order valence-corrected chi connectivity index (χ1v) is 8.49. The van der Waals surface area contributed by atoms with E-state index in [1.165, 1.54) is 0 Å². The van der Waals surface area contributed by atoms with Crippen LogP contribution in [-0.4, -0.2) is 23.0 Å². The highest BCUT2D eigenvalue weighted by Crippen LogP contribution is 2.14. The van der Waals surface area contributed by atoms with E-state index in [1.54, 1.807) is 7.11 Å². The summed E-state index contributed by atoms with van der Waals surface area (Å²) in [6.45, 7) is 1.81. The van der Waals surface area contributed by atoms with Gasteiger partial charge in [-0.25, -0.2) is 9.98 Å². The fraction of sp³-hybridized carbons (Fsp3) is 0.150. The van der Waals surface area contributed by atoms with Crippen LogP contribution in [0.15, 0.2) is 59.4 Å². The van der Waals surface area contributed by atoms with Crippen molar-refractivity contribution >= 4 is 17.6 Å². The summed E-state index contributed by atoms with van der Waals surface area (Å²) >= 11 is 0. The molecule has 0 atom stereocenters. The number of benzene rings is 2. The molecule has 1 aromatic heterocycles. The van der Waals surface area contributed by atoms with Crippen LogP contribution in [0.5, 0.6) is 5.75 Å². The zero-order valence-corrected chi connectivity index (χ0v) is 15.2. The molecule has 0 saturated heterocycles.